The molecule has 1 saturated carbocycles. The number of rotatable bonds is 2. The molecule has 1 aliphatic heterocycles. The molecule has 0 bridgehead atoms. The van der Waals surface area contributed by atoms with Gasteiger partial charge in [0, 0.05) is 0 Å². The number of hydrogen-bond donors (Lipinski definition) is 2. The summed E-state index contributed by atoms with van der Waals surface area (Å²) in [7, 11) is 0. The molecule has 3 nitrogen and oxygen atoms in total. The molecule has 0 spiro atoms. The highest BCUT2D eigenvalue weighted by atomic mass is 16.4. The normalized spacial score (nSPS) is 36.3. The molecule has 3 heteroatoms. The van der Waals surface area contributed by atoms with E-state index in [-0.39, 0.29) is 5.92 Å². The maximum Gasteiger partial charge on any atom is 0.306 e. The van der Waals surface area contributed by atoms with Crippen LogP contribution in [0.15, 0.2) is 0 Å². The monoisotopic (exact) mass is 169 g/mol. The highest BCUT2D eigenvalue weighted by Crippen LogP contribution is 2.47. The van der Waals surface area contributed by atoms with Crippen molar-refractivity contribution in [2.24, 2.45) is 17.8 Å². The zero-order chi connectivity index (χ0) is 8.55. The molecule has 1 aliphatic carbocycles. The van der Waals surface area contributed by atoms with Crippen LogP contribution >= 0.6 is 0 Å². The number of nitrogens with one attached hydrogen (secondary N) is 1. The van der Waals surface area contributed by atoms with Crippen molar-refractivity contribution in [3.05, 3.63) is 0 Å². The zero-order valence-electron chi connectivity index (χ0n) is 7.12. The van der Waals surface area contributed by atoms with Crippen LogP contribution in [0.2, 0.25) is 0 Å². The summed E-state index contributed by atoms with van der Waals surface area (Å²) in [5, 5.41) is 12.0. The van der Waals surface area contributed by atoms with Crippen LogP contribution in [0.3, 0.4) is 0 Å². The van der Waals surface area contributed by atoms with Crippen LogP contribution < -0.4 is 5.32 Å². The highest BCUT2D eigenvalue weighted by molar-refractivity contribution is 5.73. The second-order valence-electron chi connectivity index (χ2n) is 3.93. The van der Waals surface area contributed by atoms with Crippen molar-refractivity contribution in [1.29, 1.82) is 0 Å². The van der Waals surface area contributed by atoms with Gasteiger partial charge < -0.3 is 10.4 Å². The topological polar surface area (TPSA) is 49.3 Å². The van der Waals surface area contributed by atoms with Gasteiger partial charge in [0.15, 0.2) is 0 Å². The molecular weight excluding hydrogens is 154 g/mol. The Hall–Kier alpha value is -0.570. The molecule has 0 amide bonds. The molecule has 0 aromatic carbocycles. The summed E-state index contributed by atoms with van der Waals surface area (Å²) in [6.45, 7) is 2.15. The fourth-order valence-corrected chi connectivity index (χ4v) is 2.29. The minimum Gasteiger partial charge on any atom is -0.481 e. The van der Waals surface area contributed by atoms with Gasteiger partial charge in [0.25, 0.3) is 0 Å². The van der Waals surface area contributed by atoms with E-state index in [0.717, 1.165) is 19.5 Å². The lowest BCUT2D eigenvalue weighted by Crippen LogP contribution is -2.29. The Labute approximate surface area is 72.2 Å². The Morgan fingerprint density at radius 1 is 1.33 bits per heavy atom. The predicted molar refractivity (Wildman–Crippen MR) is 44.8 cm³/mol. The van der Waals surface area contributed by atoms with Crippen LogP contribution in [-0.4, -0.2) is 24.2 Å². The van der Waals surface area contributed by atoms with Crippen LogP contribution in [-0.2, 0) is 4.79 Å². The molecule has 2 atom stereocenters. The van der Waals surface area contributed by atoms with Crippen molar-refractivity contribution in [2.45, 2.75) is 19.3 Å². The van der Waals surface area contributed by atoms with Gasteiger partial charge in [0.1, 0.15) is 0 Å². The maximum absolute atomic E-state index is 10.6. The summed E-state index contributed by atoms with van der Waals surface area (Å²) < 4.78 is 0. The van der Waals surface area contributed by atoms with Crippen LogP contribution in [0.5, 0.6) is 0 Å². The Morgan fingerprint density at radius 2 is 2.00 bits per heavy atom. The summed E-state index contributed by atoms with van der Waals surface area (Å²) in [6, 6.07) is 0. The third-order valence-electron chi connectivity index (χ3n) is 3.15. The molecule has 2 rings (SSSR count). The first-order valence-corrected chi connectivity index (χ1v) is 4.72. The minimum absolute atomic E-state index is 0.00639. The standard InChI is InChI=1S/C9H15NO2/c11-9(12)8-5-7(8)6-1-3-10-4-2-6/h6-8,10H,1-5H2,(H,11,12)/t7-,8+/m0/s1. The molecule has 0 aromatic rings. The summed E-state index contributed by atoms with van der Waals surface area (Å²) in [5.74, 6) is 0.601. The van der Waals surface area contributed by atoms with Gasteiger partial charge >= 0.3 is 5.97 Å². The van der Waals surface area contributed by atoms with E-state index >= 15 is 0 Å². The van der Waals surface area contributed by atoms with E-state index in [1.165, 1.54) is 12.8 Å². The number of aliphatic carboxylic acids is 1. The van der Waals surface area contributed by atoms with Crippen molar-refractivity contribution < 1.29 is 9.90 Å². The van der Waals surface area contributed by atoms with E-state index < -0.39 is 5.97 Å². The summed E-state index contributed by atoms with van der Waals surface area (Å²) >= 11 is 0. The first-order valence-electron chi connectivity index (χ1n) is 4.72. The van der Waals surface area contributed by atoms with Crippen LogP contribution in [0.4, 0.5) is 0 Å². The van der Waals surface area contributed by atoms with E-state index in [9.17, 15) is 4.79 Å². The maximum atomic E-state index is 10.6. The predicted octanol–water partition coefficient (Wildman–Crippen LogP) is 0.707. The van der Waals surface area contributed by atoms with Crippen LogP contribution in [0.1, 0.15) is 19.3 Å². The van der Waals surface area contributed by atoms with E-state index in [1.54, 1.807) is 0 Å². The third-order valence-corrected chi connectivity index (χ3v) is 3.15. The first kappa shape index (κ1) is 8.05. The molecule has 2 aliphatic rings. The molecule has 2 fully saturated rings. The number of carbonyl (C=O) groups is 1. The fourth-order valence-electron chi connectivity index (χ4n) is 2.29. The Kier molecular flexibility index (Phi) is 2.05. The number of piperidine rings is 1. The SMILES string of the molecule is O=C(O)[C@@H]1C[C@H]1C1CCNCC1. The molecular formula is C9H15NO2. The van der Waals surface area contributed by atoms with Crippen LogP contribution in [0, 0.1) is 17.8 Å². The van der Waals surface area contributed by atoms with Crippen molar-refractivity contribution in [3.63, 3.8) is 0 Å². The smallest absolute Gasteiger partial charge is 0.306 e. The largest absolute Gasteiger partial charge is 0.481 e. The second kappa shape index (κ2) is 3.05. The minimum atomic E-state index is -0.585. The van der Waals surface area contributed by atoms with E-state index in [4.69, 9.17) is 5.11 Å². The molecule has 2 N–H and O–H groups in total. The molecule has 1 heterocycles. The lowest BCUT2D eigenvalue weighted by Gasteiger charge is -2.22. The van der Waals surface area contributed by atoms with Gasteiger partial charge in [-0.05, 0) is 44.2 Å². The molecule has 68 valence electrons. The summed E-state index contributed by atoms with van der Waals surface area (Å²) in [4.78, 5) is 10.6. The first-order chi connectivity index (χ1) is 5.79. The Morgan fingerprint density at radius 3 is 2.50 bits per heavy atom. The van der Waals surface area contributed by atoms with Crippen molar-refractivity contribution in [1.82, 2.24) is 5.32 Å². The third kappa shape index (κ3) is 1.46. The van der Waals surface area contributed by atoms with Gasteiger partial charge in [-0.3, -0.25) is 4.79 Å². The quantitative estimate of drug-likeness (QED) is 0.640. The average Bonchev–Trinajstić information content (AvgIpc) is 2.84. The van der Waals surface area contributed by atoms with E-state index in [2.05, 4.69) is 5.32 Å². The van der Waals surface area contributed by atoms with Gasteiger partial charge in [-0.1, -0.05) is 0 Å². The molecule has 0 aromatic heterocycles. The van der Waals surface area contributed by atoms with E-state index in [1.807, 2.05) is 0 Å². The van der Waals surface area contributed by atoms with Gasteiger partial charge in [-0.25, -0.2) is 0 Å². The second-order valence-corrected chi connectivity index (χ2v) is 3.93. The molecule has 0 radical (unpaired) electrons. The number of carboxylic acids is 1. The summed E-state index contributed by atoms with van der Waals surface area (Å²) in [5.41, 5.74) is 0. The van der Waals surface area contributed by atoms with Gasteiger partial charge in [0.05, 0.1) is 5.92 Å². The lowest BCUT2D eigenvalue weighted by atomic mass is 9.92. The van der Waals surface area contributed by atoms with Crippen molar-refractivity contribution in [3.8, 4) is 0 Å². The summed E-state index contributed by atoms with van der Waals surface area (Å²) in [6.07, 6.45) is 3.28. The average molecular weight is 169 g/mol. The van der Waals surface area contributed by atoms with Gasteiger partial charge in [0.2, 0.25) is 0 Å². The highest BCUT2D eigenvalue weighted by Gasteiger charge is 2.47. The van der Waals surface area contributed by atoms with Gasteiger partial charge in [-0.2, -0.15) is 0 Å². The fraction of sp³-hybridized carbons (Fsp3) is 0.889. The number of carboxylic acid groups (broad SMARTS) is 1. The molecule has 12 heavy (non-hydrogen) atoms. The zero-order valence-corrected chi connectivity index (χ0v) is 7.12. The van der Waals surface area contributed by atoms with Crippen molar-refractivity contribution in [2.75, 3.05) is 13.1 Å². The number of hydrogen-bond acceptors (Lipinski definition) is 2. The molecule has 1 saturated heterocycles. The van der Waals surface area contributed by atoms with Crippen LogP contribution in [0.25, 0.3) is 0 Å². The Balaban J connectivity index is 1.83. The molecule has 0 unspecified atom stereocenters. The van der Waals surface area contributed by atoms with Gasteiger partial charge in [-0.15, -0.1) is 0 Å². The lowest BCUT2D eigenvalue weighted by molar-refractivity contribution is -0.139. The van der Waals surface area contributed by atoms with Crippen molar-refractivity contribution >= 4 is 5.97 Å². The Bertz CT molecular complexity index is 187. The van der Waals surface area contributed by atoms with E-state index in [0.29, 0.717) is 11.8 Å².